The molecule has 2 heterocycles. The molecule has 0 atom stereocenters. The molecule has 2 aromatic carbocycles. The second-order valence-electron chi connectivity index (χ2n) is 5.66. The first kappa shape index (κ1) is 16.9. The molecule has 0 spiro atoms. The van der Waals surface area contributed by atoms with Gasteiger partial charge in [-0.1, -0.05) is 23.7 Å². The van der Waals surface area contributed by atoms with Gasteiger partial charge < -0.3 is 21.2 Å². The van der Waals surface area contributed by atoms with Crippen LogP contribution in [0.15, 0.2) is 66.8 Å². The van der Waals surface area contributed by atoms with Crippen LogP contribution >= 0.6 is 11.6 Å². The van der Waals surface area contributed by atoms with E-state index >= 15 is 0 Å². The maximum absolute atomic E-state index is 7.38. The first-order chi connectivity index (χ1) is 13.2. The van der Waals surface area contributed by atoms with Gasteiger partial charge in [0.25, 0.3) is 0 Å². The summed E-state index contributed by atoms with van der Waals surface area (Å²) in [7, 11) is 0. The quantitative estimate of drug-likeness (QED) is 0.358. The van der Waals surface area contributed by atoms with Crippen LogP contribution in [-0.2, 0) is 0 Å². The lowest BCUT2D eigenvalue weighted by Crippen LogP contribution is -2.04. The third-order valence-electron chi connectivity index (χ3n) is 3.94. The van der Waals surface area contributed by atoms with Crippen LogP contribution in [0.1, 0.15) is 0 Å². The van der Waals surface area contributed by atoms with Crippen LogP contribution in [0.2, 0.25) is 5.02 Å². The molecule has 0 saturated carbocycles. The summed E-state index contributed by atoms with van der Waals surface area (Å²) in [4.78, 5) is 9.12. The Kier molecular flexibility index (Phi) is 4.35. The molecule has 27 heavy (non-hydrogen) atoms. The normalized spacial score (nSPS) is 11.7. The fourth-order valence-corrected chi connectivity index (χ4v) is 2.95. The van der Waals surface area contributed by atoms with Crippen molar-refractivity contribution in [2.45, 2.75) is 0 Å². The fourth-order valence-electron chi connectivity index (χ4n) is 2.76. The number of ether oxygens (including phenoxy) is 1. The van der Waals surface area contributed by atoms with Gasteiger partial charge in [0.2, 0.25) is 0 Å². The van der Waals surface area contributed by atoms with Crippen LogP contribution in [0.25, 0.3) is 16.7 Å². The van der Waals surface area contributed by atoms with E-state index in [9.17, 15) is 0 Å². The number of anilines is 2. The van der Waals surface area contributed by atoms with Crippen LogP contribution in [0, 0.1) is 5.41 Å². The summed E-state index contributed by atoms with van der Waals surface area (Å²) >= 11 is 6.08. The largest absolute Gasteiger partial charge is 0.452 e. The van der Waals surface area contributed by atoms with Gasteiger partial charge in [-0.2, -0.15) is 0 Å². The Morgan fingerprint density at radius 1 is 1.26 bits per heavy atom. The zero-order valence-corrected chi connectivity index (χ0v) is 14.8. The molecule has 0 unspecified atom stereocenters. The maximum atomic E-state index is 7.38. The van der Waals surface area contributed by atoms with Gasteiger partial charge in [-0.05, 0) is 30.3 Å². The van der Waals surface area contributed by atoms with Crippen LogP contribution < -0.4 is 15.8 Å². The van der Waals surface area contributed by atoms with Crippen LogP contribution in [0.5, 0.6) is 5.75 Å². The van der Waals surface area contributed by atoms with E-state index in [1.165, 1.54) is 6.20 Å². The van der Waals surface area contributed by atoms with Crippen molar-refractivity contribution in [3.63, 3.8) is 0 Å². The van der Waals surface area contributed by atoms with Crippen molar-refractivity contribution >= 4 is 46.0 Å². The summed E-state index contributed by atoms with van der Waals surface area (Å²) in [6.07, 6.45) is 5.82. The van der Waals surface area contributed by atoms with E-state index < -0.39 is 0 Å². The van der Waals surface area contributed by atoms with Gasteiger partial charge in [-0.3, -0.25) is 4.40 Å². The lowest BCUT2D eigenvalue weighted by atomic mass is 10.2. The SMILES string of the molecule is N=C/C(=C\N)Oc1cccc2c1nc(Nc1cccc(Cl)c1)c1nccn12. The molecule has 4 rings (SSSR count). The number of nitrogens with one attached hydrogen (secondary N) is 2. The summed E-state index contributed by atoms with van der Waals surface area (Å²) in [5, 5.41) is 11.3. The van der Waals surface area contributed by atoms with Gasteiger partial charge in [-0.15, -0.1) is 0 Å². The minimum atomic E-state index is 0.222. The van der Waals surface area contributed by atoms with E-state index in [2.05, 4.69) is 10.3 Å². The molecule has 7 nitrogen and oxygen atoms in total. The number of benzene rings is 2. The summed E-state index contributed by atoms with van der Waals surface area (Å²) in [6, 6.07) is 12.9. The summed E-state index contributed by atoms with van der Waals surface area (Å²) in [6.45, 7) is 0. The van der Waals surface area contributed by atoms with E-state index in [1.54, 1.807) is 24.4 Å². The molecule has 0 radical (unpaired) electrons. The Balaban J connectivity index is 1.90. The first-order valence-electron chi connectivity index (χ1n) is 8.08. The van der Waals surface area contributed by atoms with Crippen molar-refractivity contribution in [3.05, 3.63) is 71.8 Å². The van der Waals surface area contributed by atoms with E-state index in [1.807, 2.05) is 34.9 Å². The third-order valence-corrected chi connectivity index (χ3v) is 4.17. The number of rotatable bonds is 5. The van der Waals surface area contributed by atoms with Crippen molar-refractivity contribution in [2.24, 2.45) is 5.73 Å². The Hall–Kier alpha value is -3.58. The number of imidazole rings is 1. The molecule has 0 aliphatic carbocycles. The number of nitrogens with two attached hydrogens (primary N) is 1. The Morgan fingerprint density at radius 3 is 2.89 bits per heavy atom. The zero-order valence-electron chi connectivity index (χ0n) is 14.1. The number of halogens is 1. The van der Waals surface area contributed by atoms with Gasteiger partial charge in [0.05, 0.1) is 11.7 Å². The van der Waals surface area contributed by atoms with E-state index in [4.69, 9.17) is 32.5 Å². The molecule has 2 aromatic heterocycles. The summed E-state index contributed by atoms with van der Waals surface area (Å²) in [5.41, 5.74) is 8.38. The number of hydrogen-bond acceptors (Lipinski definition) is 6. The number of para-hydroxylation sites is 1. The van der Waals surface area contributed by atoms with Crippen molar-refractivity contribution in [1.29, 1.82) is 5.41 Å². The predicted octanol–water partition coefficient (Wildman–Crippen LogP) is 4.11. The van der Waals surface area contributed by atoms with Gasteiger partial charge in [-0.25, -0.2) is 9.97 Å². The molecule has 4 aromatic rings. The summed E-state index contributed by atoms with van der Waals surface area (Å²) < 4.78 is 7.64. The molecule has 0 aliphatic rings. The molecule has 0 amide bonds. The van der Waals surface area contributed by atoms with E-state index in [0.29, 0.717) is 27.8 Å². The number of hydrogen-bond donors (Lipinski definition) is 3. The minimum Gasteiger partial charge on any atom is -0.452 e. The van der Waals surface area contributed by atoms with Gasteiger partial charge in [0.15, 0.2) is 23.0 Å². The fraction of sp³-hybridized carbons (Fsp3) is 0. The topological polar surface area (TPSA) is 101 Å². The second kappa shape index (κ2) is 6.97. The molecule has 0 aliphatic heterocycles. The van der Waals surface area contributed by atoms with E-state index in [0.717, 1.165) is 17.4 Å². The first-order valence-corrected chi connectivity index (χ1v) is 8.46. The molecule has 0 fully saturated rings. The average molecular weight is 379 g/mol. The highest BCUT2D eigenvalue weighted by Gasteiger charge is 2.14. The predicted molar refractivity (Wildman–Crippen MR) is 107 cm³/mol. The van der Waals surface area contributed by atoms with Crippen molar-refractivity contribution in [1.82, 2.24) is 14.4 Å². The summed E-state index contributed by atoms with van der Waals surface area (Å²) in [5.74, 6) is 1.26. The van der Waals surface area contributed by atoms with Crippen molar-refractivity contribution in [2.75, 3.05) is 5.32 Å². The van der Waals surface area contributed by atoms with Crippen LogP contribution in [0.3, 0.4) is 0 Å². The minimum absolute atomic E-state index is 0.222. The van der Waals surface area contributed by atoms with Gasteiger partial charge in [0.1, 0.15) is 5.52 Å². The van der Waals surface area contributed by atoms with E-state index in [-0.39, 0.29) is 5.76 Å². The van der Waals surface area contributed by atoms with Gasteiger partial charge in [0, 0.05) is 29.3 Å². The monoisotopic (exact) mass is 378 g/mol. The molecule has 134 valence electrons. The maximum Gasteiger partial charge on any atom is 0.180 e. The number of aromatic nitrogens is 3. The van der Waals surface area contributed by atoms with Gasteiger partial charge >= 0.3 is 0 Å². The number of nitrogens with zero attached hydrogens (tertiary/aromatic N) is 3. The Bertz CT molecular complexity index is 1180. The molecular formula is C19H15ClN6O. The lowest BCUT2D eigenvalue weighted by molar-refractivity contribution is 0.459. The van der Waals surface area contributed by atoms with Crippen LogP contribution in [0.4, 0.5) is 11.5 Å². The third kappa shape index (κ3) is 3.16. The Morgan fingerprint density at radius 2 is 2.11 bits per heavy atom. The lowest BCUT2D eigenvalue weighted by Gasteiger charge is -2.13. The molecule has 0 saturated heterocycles. The van der Waals surface area contributed by atoms with Crippen molar-refractivity contribution < 1.29 is 4.74 Å². The zero-order chi connectivity index (χ0) is 18.8. The average Bonchev–Trinajstić information content (AvgIpc) is 3.17. The molecule has 8 heteroatoms. The Labute approximate surface area is 159 Å². The van der Waals surface area contributed by atoms with Crippen LogP contribution in [-0.4, -0.2) is 20.6 Å². The standard InChI is InChI=1S/C19H15ClN6O/c20-12-3-1-4-13(9-12)24-18-19-23-7-8-26(19)15-5-2-6-16(17(15)25-18)27-14(10-21)11-22/h1-11,21H,22H2,(H,24,25)/b14-11+,21-10?. The van der Waals surface area contributed by atoms with Crippen molar-refractivity contribution in [3.8, 4) is 5.75 Å². The highest BCUT2D eigenvalue weighted by molar-refractivity contribution is 6.30. The smallest absolute Gasteiger partial charge is 0.180 e. The highest BCUT2D eigenvalue weighted by Crippen LogP contribution is 2.30. The molecule has 0 bridgehead atoms. The molecular weight excluding hydrogens is 364 g/mol. The number of fused-ring (bicyclic) bond motifs is 3. The molecule has 4 N–H and O–H groups in total. The highest BCUT2D eigenvalue weighted by atomic mass is 35.5. The second-order valence-corrected chi connectivity index (χ2v) is 6.09. The number of allylic oxidation sites excluding steroid dienone is 1.